The minimum atomic E-state index is 0.195. The first-order valence-electron chi connectivity index (χ1n) is 6.86. The van der Waals surface area contributed by atoms with Gasteiger partial charge < -0.3 is 5.32 Å². The highest BCUT2D eigenvalue weighted by Crippen LogP contribution is 2.22. The average Bonchev–Trinajstić information content (AvgIpc) is 2.57. The molecule has 0 fully saturated rings. The first-order chi connectivity index (χ1) is 10.3. The largest absolute Gasteiger partial charge is 0.364 e. The highest BCUT2D eigenvalue weighted by molar-refractivity contribution is 5.61. The molecular weight excluding hydrogens is 260 g/mol. The van der Waals surface area contributed by atoms with Crippen LogP contribution in [-0.4, -0.2) is 15.0 Å². The fourth-order valence-corrected chi connectivity index (χ4v) is 2.17. The van der Waals surface area contributed by atoms with Crippen LogP contribution in [0.5, 0.6) is 0 Å². The second-order valence-corrected chi connectivity index (χ2v) is 4.83. The average molecular weight is 276 g/mol. The normalized spacial score (nSPS) is 11.9. The van der Waals surface area contributed by atoms with Crippen molar-refractivity contribution in [1.29, 1.82) is 0 Å². The van der Waals surface area contributed by atoms with E-state index in [4.69, 9.17) is 0 Å². The summed E-state index contributed by atoms with van der Waals surface area (Å²) in [5.41, 5.74) is 3.35. The van der Waals surface area contributed by atoms with Crippen molar-refractivity contribution >= 4 is 5.82 Å². The van der Waals surface area contributed by atoms with E-state index in [2.05, 4.69) is 51.5 Å². The molecule has 0 spiro atoms. The maximum absolute atomic E-state index is 4.28. The van der Waals surface area contributed by atoms with Gasteiger partial charge in [0.15, 0.2) is 0 Å². The van der Waals surface area contributed by atoms with Gasteiger partial charge in [0.05, 0.1) is 0 Å². The van der Waals surface area contributed by atoms with Crippen molar-refractivity contribution in [2.24, 2.45) is 0 Å². The van der Waals surface area contributed by atoms with Crippen LogP contribution in [0, 0.1) is 0 Å². The summed E-state index contributed by atoms with van der Waals surface area (Å²) < 4.78 is 0. The number of hydrogen-bond acceptors (Lipinski definition) is 4. The number of rotatable bonds is 4. The smallest absolute Gasteiger partial charge is 0.126 e. The Morgan fingerprint density at radius 3 is 2.33 bits per heavy atom. The number of nitrogens with one attached hydrogen (secondary N) is 1. The van der Waals surface area contributed by atoms with Gasteiger partial charge in [-0.2, -0.15) is 0 Å². The Morgan fingerprint density at radius 1 is 0.905 bits per heavy atom. The van der Waals surface area contributed by atoms with Gasteiger partial charge in [-0.1, -0.05) is 30.3 Å². The number of aromatic nitrogens is 3. The lowest BCUT2D eigenvalue weighted by molar-refractivity contribution is 0.875. The van der Waals surface area contributed by atoms with Gasteiger partial charge in [-0.25, -0.2) is 15.0 Å². The van der Waals surface area contributed by atoms with E-state index in [0.29, 0.717) is 0 Å². The Balaban J connectivity index is 1.75. The molecule has 0 aliphatic heterocycles. The van der Waals surface area contributed by atoms with E-state index in [1.165, 1.54) is 11.9 Å². The Hall–Kier alpha value is -2.75. The number of pyridine rings is 1. The second-order valence-electron chi connectivity index (χ2n) is 4.83. The van der Waals surface area contributed by atoms with Gasteiger partial charge in [0.1, 0.15) is 12.1 Å². The standard InChI is InChI=1S/C17H16N4/c1-13(21-17-4-2-3-9-20-17)14-5-7-15(8-6-14)16-10-18-12-19-11-16/h2-13H,1H3,(H,20,21). The summed E-state index contributed by atoms with van der Waals surface area (Å²) in [6.45, 7) is 2.12. The lowest BCUT2D eigenvalue weighted by atomic mass is 10.0. The fourth-order valence-electron chi connectivity index (χ4n) is 2.17. The van der Waals surface area contributed by atoms with Gasteiger partial charge in [-0.05, 0) is 30.2 Å². The predicted octanol–water partition coefficient (Wildman–Crippen LogP) is 3.71. The highest BCUT2D eigenvalue weighted by Gasteiger charge is 2.06. The monoisotopic (exact) mass is 276 g/mol. The summed E-state index contributed by atoms with van der Waals surface area (Å²) in [5.74, 6) is 0.880. The van der Waals surface area contributed by atoms with Gasteiger partial charge in [0.2, 0.25) is 0 Å². The zero-order valence-electron chi connectivity index (χ0n) is 11.8. The van der Waals surface area contributed by atoms with Crippen LogP contribution in [0.25, 0.3) is 11.1 Å². The van der Waals surface area contributed by atoms with E-state index in [0.717, 1.165) is 16.9 Å². The van der Waals surface area contributed by atoms with Crippen LogP contribution in [-0.2, 0) is 0 Å². The van der Waals surface area contributed by atoms with Crippen LogP contribution in [0.2, 0.25) is 0 Å². The van der Waals surface area contributed by atoms with E-state index in [-0.39, 0.29) is 6.04 Å². The van der Waals surface area contributed by atoms with E-state index >= 15 is 0 Å². The van der Waals surface area contributed by atoms with Crippen molar-refractivity contribution in [3.63, 3.8) is 0 Å². The van der Waals surface area contributed by atoms with Gasteiger partial charge in [0, 0.05) is 30.2 Å². The molecule has 2 aromatic heterocycles. The maximum Gasteiger partial charge on any atom is 0.126 e. The van der Waals surface area contributed by atoms with Crippen LogP contribution < -0.4 is 5.32 Å². The van der Waals surface area contributed by atoms with Crippen LogP contribution in [0.1, 0.15) is 18.5 Å². The molecule has 0 aliphatic carbocycles. The molecule has 104 valence electrons. The van der Waals surface area contributed by atoms with Crippen molar-refractivity contribution in [2.45, 2.75) is 13.0 Å². The number of benzene rings is 1. The third-order valence-electron chi connectivity index (χ3n) is 3.33. The molecule has 1 N–H and O–H groups in total. The van der Waals surface area contributed by atoms with E-state index in [1.807, 2.05) is 30.6 Å². The molecule has 0 aliphatic rings. The first-order valence-corrected chi connectivity index (χ1v) is 6.86. The Bertz CT molecular complexity index is 681. The number of anilines is 1. The lowest BCUT2D eigenvalue weighted by Gasteiger charge is -2.15. The van der Waals surface area contributed by atoms with Gasteiger partial charge in [0.25, 0.3) is 0 Å². The first kappa shape index (κ1) is 13.2. The maximum atomic E-state index is 4.28. The zero-order chi connectivity index (χ0) is 14.5. The van der Waals surface area contributed by atoms with Crippen molar-refractivity contribution < 1.29 is 0 Å². The van der Waals surface area contributed by atoms with Crippen LogP contribution in [0.15, 0.2) is 67.4 Å². The van der Waals surface area contributed by atoms with Crippen molar-refractivity contribution in [2.75, 3.05) is 5.32 Å². The third kappa shape index (κ3) is 3.23. The van der Waals surface area contributed by atoms with E-state index in [1.54, 1.807) is 6.20 Å². The van der Waals surface area contributed by atoms with Gasteiger partial charge >= 0.3 is 0 Å². The third-order valence-corrected chi connectivity index (χ3v) is 3.33. The summed E-state index contributed by atoms with van der Waals surface area (Å²) in [5, 5.41) is 3.38. The molecule has 1 atom stereocenters. The van der Waals surface area contributed by atoms with Gasteiger partial charge in [-0.15, -0.1) is 0 Å². The molecule has 4 heteroatoms. The molecule has 4 nitrogen and oxygen atoms in total. The summed E-state index contributed by atoms with van der Waals surface area (Å²) in [6.07, 6.45) is 6.96. The molecule has 3 aromatic rings. The molecular formula is C17H16N4. The number of hydrogen-bond donors (Lipinski definition) is 1. The summed E-state index contributed by atoms with van der Waals surface area (Å²) >= 11 is 0. The number of nitrogens with zero attached hydrogens (tertiary/aromatic N) is 3. The molecule has 1 aromatic carbocycles. The molecule has 0 saturated heterocycles. The van der Waals surface area contributed by atoms with E-state index in [9.17, 15) is 0 Å². The molecule has 0 amide bonds. The highest BCUT2D eigenvalue weighted by atomic mass is 15.0. The lowest BCUT2D eigenvalue weighted by Crippen LogP contribution is -2.07. The molecule has 2 heterocycles. The van der Waals surface area contributed by atoms with Crippen molar-refractivity contribution in [1.82, 2.24) is 15.0 Å². The Kier molecular flexibility index (Phi) is 3.87. The SMILES string of the molecule is CC(Nc1ccccn1)c1ccc(-c2cncnc2)cc1. The molecule has 1 unspecified atom stereocenters. The van der Waals surface area contributed by atoms with Crippen LogP contribution in [0.3, 0.4) is 0 Å². The fraction of sp³-hybridized carbons (Fsp3) is 0.118. The Labute approximate surface area is 123 Å². The summed E-state index contributed by atoms with van der Waals surface area (Å²) in [4.78, 5) is 12.4. The zero-order valence-corrected chi connectivity index (χ0v) is 11.8. The predicted molar refractivity (Wildman–Crippen MR) is 83.7 cm³/mol. The minimum Gasteiger partial charge on any atom is -0.364 e. The van der Waals surface area contributed by atoms with E-state index < -0.39 is 0 Å². The van der Waals surface area contributed by atoms with Crippen LogP contribution >= 0.6 is 0 Å². The van der Waals surface area contributed by atoms with Gasteiger partial charge in [-0.3, -0.25) is 0 Å². The quantitative estimate of drug-likeness (QED) is 0.789. The topological polar surface area (TPSA) is 50.7 Å². The molecule has 0 saturated carbocycles. The molecule has 3 rings (SSSR count). The molecule has 21 heavy (non-hydrogen) atoms. The second kappa shape index (κ2) is 6.13. The minimum absolute atomic E-state index is 0.195. The molecule has 0 radical (unpaired) electrons. The van der Waals surface area contributed by atoms with Crippen molar-refractivity contribution in [3.8, 4) is 11.1 Å². The van der Waals surface area contributed by atoms with Crippen molar-refractivity contribution in [3.05, 3.63) is 72.9 Å². The summed E-state index contributed by atoms with van der Waals surface area (Å²) in [7, 11) is 0. The summed E-state index contributed by atoms with van der Waals surface area (Å²) in [6, 6.07) is 14.4. The Morgan fingerprint density at radius 2 is 1.67 bits per heavy atom. The molecule has 0 bridgehead atoms. The van der Waals surface area contributed by atoms with Crippen LogP contribution in [0.4, 0.5) is 5.82 Å².